The number of unbranched alkanes of at least 4 members (excludes halogenated alkanes) is 37. The smallest absolute Gasteiger partial charge is 0.306 e. The van der Waals surface area contributed by atoms with E-state index >= 15 is 0 Å². The number of ether oxygens (including phenoxy) is 3. The van der Waals surface area contributed by atoms with Gasteiger partial charge in [0.25, 0.3) is 0 Å². The summed E-state index contributed by atoms with van der Waals surface area (Å²) in [5, 5.41) is 0. The summed E-state index contributed by atoms with van der Waals surface area (Å²) in [5.74, 6) is -0.872. The molecule has 376 valence electrons. The maximum absolute atomic E-state index is 12.8. The molecule has 0 spiro atoms. The fourth-order valence-electron chi connectivity index (χ4n) is 8.37. The summed E-state index contributed by atoms with van der Waals surface area (Å²) in [6.45, 7) is 6.65. The summed E-state index contributed by atoms with van der Waals surface area (Å²) in [4.78, 5) is 38.0. The molecule has 1 atom stereocenters. The minimum atomic E-state index is -0.772. The standard InChI is InChI=1S/C58H108O6/c1-4-7-10-13-16-19-21-23-25-27-29-31-32-34-36-39-42-45-48-51-57(60)63-54-55(53-62-56(59)50-47-44-41-38-18-15-12-9-6-3)64-58(61)52-49-46-43-40-37-35-33-30-28-26-24-22-20-17-14-11-8-5-2/h27,29-30,33,55H,4-26,28,31-32,34-54H2,1-3H3/b29-27-,33-30-. The van der Waals surface area contributed by atoms with Crippen molar-refractivity contribution in [3.8, 4) is 0 Å². The monoisotopic (exact) mass is 901 g/mol. The molecule has 0 saturated carbocycles. The van der Waals surface area contributed by atoms with Crippen LogP contribution in [0.1, 0.15) is 310 Å². The molecule has 0 bridgehead atoms. The second kappa shape index (κ2) is 53.5. The molecule has 0 fully saturated rings. The lowest BCUT2D eigenvalue weighted by molar-refractivity contribution is -0.167. The van der Waals surface area contributed by atoms with Gasteiger partial charge in [-0.15, -0.1) is 0 Å². The fraction of sp³-hybridized carbons (Fsp3) is 0.879. The Bertz CT molecular complexity index is 1040. The number of hydrogen-bond acceptors (Lipinski definition) is 6. The molecule has 0 aliphatic carbocycles. The molecular weight excluding hydrogens is 793 g/mol. The molecule has 6 heteroatoms. The first kappa shape index (κ1) is 61.9. The minimum absolute atomic E-state index is 0.0725. The Balaban J connectivity index is 4.27. The van der Waals surface area contributed by atoms with E-state index in [1.807, 2.05) is 0 Å². The van der Waals surface area contributed by atoms with Crippen LogP contribution in [0.5, 0.6) is 0 Å². The van der Waals surface area contributed by atoms with Crippen molar-refractivity contribution < 1.29 is 28.6 Å². The molecule has 0 amide bonds. The Morgan fingerprint density at radius 2 is 0.516 bits per heavy atom. The largest absolute Gasteiger partial charge is 0.462 e. The van der Waals surface area contributed by atoms with Gasteiger partial charge in [0.15, 0.2) is 6.10 Å². The van der Waals surface area contributed by atoms with Gasteiger partial charge >= 0.3 is 17.9 Å². The Kier molecular flexibility index (Phi) is 51.7. The topological polar surface area (TPSA) is 78.9 Å². The van der Waals surface area contributed by atoms with Crippen molar-refractivity contribution in [2.75, 3.05) is 13.2 Å². The second-order valence-corrected chi connectivity index (χ2v) is 19.2. The van der Waals surface area contributed by atoms with Gasteiger partial charge in [-0.2, -0.15) is 0 Å². The molecule has 0 aliphatic rings. The summed E-state index contributed by atoms with van der Waals surface area (Å²) in [6.07, 6.45) is 61.7. The fourth-order valence-corrected chi connectivity index (χ4v) is 8.37. The van der Waals surface area contributed by atoms with Crippen LogP contribution < -0.4 is 0 Å². The number of carbonyl (C=O) groups is 3. The first-order valence-electron chi connectivity index (χ1n) is 28.3. The first-order chi connectivity index (χ1) is 31.5. The average Bonchev–Trinajstić information content (AvgIpc) is 3.29. The van der Waals surface area contributed by atoms with E-state index in [4.69, 9.17) is 14.2 Å². The van der Waals surface area contributed by atoms with Gasteiger partial charge in [0, 0.05) is 19.3 Å². The predicted octanol–water partition coefficient (Wildman–Crippen LogP) is 18.7. The molecule has 64 heavy (non-hydrogen) atoms. The zero-order valence-corrected chi connectivity index (χ0v) is 43.1. The molecule has 0 aliphatic heterocycles. The van der Waals surface area contributed by atoms with Crippen molar-refractivity contribution in [1.82, 2.24) is 0 Å². The highest BCUT2D eigenvalue weighted by Gasteiger charge is 2.19. The van der Waals surface area contributed by atoms with Gasteiger partial charge in [-0.25, -0.2) is 0 Å². The van der Waals surface area contributed by atoms with E-state index in [9.17, 15) is 14.4 Å². The van der Waals surface area contributed by atoms with Gasteiger partial charge in [-0.1, -0.05) is 244 Å². The van der Waals surface area contributed by atoms with Crippen molar-refractivity contribution in [3.63, 3.8) is 0 Å². The second-order valence-electron chi connectivity index (χ2n) is 19.2. The molecule has 1 unspecified atom stereocenters. The van der Waals surface area contributed by atoms with E-state index in [-0.39, 0.29) is 31.1 Å². The number of esters is 3. The molecule has 0 heterocycles. The van der Waals surface area contributed by atoms with Crippen LogP contribution in [-0.4, -0.2) is 37.2 Å². The molecule has 0 saturated heterocycles. The van der Waals surface area contributed by atoms with E-state index in [0.717, 1.165) is 64.2 Å². The quantitative estimate of drug-likeness (QED) is 0.0262. The molecule has 0 aromatic heterocycles. The highest BCUT2D eigenvalue weighted by molar-refractivity contribution is 5.71. The molecule has 0 rings (SSSR count). The lowest BCUT2D eigenvalue weighted by atomic mass is 10.1. The Hall–Kier alpha value is -2.11. The number of hydrogen-bond donors (Lipinski definition) is 0. The predicted molar refractivity (Wildman–Crippen MR) is 275 cm³/mol. The van der Waals surface area contributed by atoms with Crippen molar-refractivity contribution in [2.24, 2.45) is 0 Å². The number of carbonyl (C=O) groups excluding carboxylic acids is 3. The zero-order valence-electron chi connectivity index (χ0n) is 43.1. The van der Waals surface area contributed by atoms with Crippen molar-refractivity contribution in [1.29, 1.82) is 0 Å². The summed E-state index contributed by atoms with van der Waals surface area (Å²) < 4.78 is 16.8. The van der Waals surface area contributed by atoms with Crippen LogP contribution in [0, 0.1) is 0 Å². The van der Waals surface area contributed by atoms with E-state index in [1.54, 1.807) is 0 Å². The van der Waals surface area contributed by atoms with Gasteiger partial charge in [-0.05, 0) is 70.6 Å². The van der Waals surface area contributed by atoms with Crippen LogP contribution in [0.25, 0.3) is 0 Å². The maximum Gasteiger partial charge on any atom is 0.306 e. The third kappa shape index (κ3) is 50.9. The van der Waals surface area contributed by atoms with Crippen molar-refractivity contribution in [3.05, 3.63) is 24.3 Å². The SMILES string of the molecule is CCCCCCCCCC/C=C\CCCCCCCCCC(=O)OCC(COC(=O)CCCCCCCCCCC)OC(=O)CCCCCCC/C=C\CCCCCCCCCCC. The Morgan fingerprint density at radius 3 is 0.781 bits per heavy atom. The van der Waals surface area contributed by atoms with Crippen LogP contribution in [0.3, 0.4) is 0 Å². The zero-order chi connectivity index (χ0) is 46.5. The Morgan fingerprint density at radius 1 is 0.297 bits per heavy atom. The maximum atomic E-state index is 12.8. The van der Waals surface area contributed by atoms with E-state index in [0.29, 0.717) is 19.3 Å². The highest BCUT2D eigenvalue weighted by atomic mass is 16.6. The molecular formula is C58H108O6. The summed E-state index contributed by atoms with van der Waals surface area (Å²) in [7, 11) is 0. The average molecular weight is 901 g/mol. The van der Waals surface area contributed by atoms with Gasteiger partial charge < -0.3 is 14.2 Å². The van der Waals surface area contributed by atoms with Gasteiger partial charge in [-0.3, -0.25) is 14.4 Å². The summed E-state index contributed by atoms with van der Waals surface area (Å²) in [6, 6.07) is 0. The normalized spacial score (nSPS) is 12.1. The van der Waals surface area contributed by atoms with Crippen LogP contribution >= 0.6 is 0 Å². The molecule has 0 aromatic carbocycles. The Labute approximate surface area is 398 Å². The van der Waals surface area contributed by atoms with Gasteiger partial charge in [0.1, 0.15) is 13.2 Å². The lowest BCUT2D eigenvalue weighted by Crippen LogP contribution is -2.30. The lowest BCUT2D eigenvalue weighted by Gasteiger charge is -2.18. The van der Waals surface area contributed by atoms with Crippen molar-refractivity contribution in [2.45, 2.75) is 316 Å². The van der Waals surface area contributed by atoms with Crippen LogP contribution in [-0.2, 0) is 28.6 Å². The van der Waals surface area contributed by atoms with Gasteiger partial charge in [0.05, 0.1) is 0 Å². The number of rotatable bonds is 52. The third-order valence-corrected chi connectivity index (χ3v) is 12.7. The van der Waals surface area contributed by atoms with E-state index in [2.05, 4.69) is 45.1 Å². The summed E-state index contributed by atoms with van der Waals surface area (Å²) >= 11 is 0. The van der Waals surface area contributed by atoms with Gasteiger partial charge in [0.2, 0.25) is 0 Å². The van der Waals surface area contributed by atoms with Crippen molar-refractivity contribution >= 4 is 17.9 Å². The van der Waals surface area contributed by atoms with Crippen LogP contribution in [0.2, 0.25) is 0 Å². The van der Waals surface area contributed by atoms with E-state index < -0.39 is 6.10 Å². The first-order valence-corrected chi connectivity index (χ1v) is 28.3. The summed E-state index contributed by atoms with van der Waals surface area (Å²) in [5.41, 5.74) is 0. The third-order valence-electron chi connectivity index (χ3n) is 12.7. The molecule has 6 nitrogen and oxygen atoms in total. The van der Waals surface area contributed by atoms with Crippen LogP contribution in [0.15, 0.2) is 24.3 Å². The van der Waals surface area contributed by atoms with Crippen LogP contribution in [0.4, 0.5) is 0 Å². The molecule has 0 aromatic rings. The van der Waals surface area contributed by atoms with E-state index in [1.165, 1.54) is 205 Å². The molecule has 0 radical (unpaired) electrons. The molecule has 0 N–H and O–H groups in total. The highest BCUT2D eigenvalue weighted by Crippen LogP contribution is 2.16. The number of allylic oxidation sites excluding steroid dienone is 4. The minimum Gasteiger partial charge on any atom is -0.462 e.